The lowest BCUT2D eigenvalue weighted by atomic mass is 10.0. The van der Waals surface area contributed by atoms with Gasteiger partial charge in [-0.3, -0.25) is 9.59 Å². The molecule has 1 aliphatic heterocycles. The molecule has 0 saturated carbocycles. The molecule has 1 amide bonds. The van der Waals surface area contributed by atoms with E-state index in [1.807, 2.05) is 28.8 Å². The Bertz CT molecular complexity index is 1040. The number of benzene rings is 2. The third-order valence-electron chi connectivity index (χ3n) is 5.28. The summed E-state index contributed by atoms with van der Waals surface area (Å²) >= 11 is 0. The molecule has 0 bridgehead atoms. The molecule has 2 heterocycles. The Morgan fingerprint density at radius 1 is 0.963 bits per heavy atom. The summed E-state index contributed by atoms with van der Waals surface area (Å²) < 4.78 is 1.82. The number of pyridine rings is 1. The molecule has 27 heavy (non-hydrogen) atoms. The second kappa shape index (κ2) is 6.87. The molecule has 0 unspecified atom stereocenters. The number of carboxylic acid groups (broad SMARTS) is 1. The molecular formula is C21H20N2O4. The minimum Gasteiger partial charge on any atom is -0.480 e. The number of nitrogens with zero attached hydrogens (tertiary/aromatic N) is 2. The van der Waals surface area contributed by atoms with Crippen molar-refractivity contribution in [2.75, 3.05) is 6.54 Å². The highest BCUT2D eigenvalue weighted by Crippen LogP contribution is 2.22. The third-order valence-corrected chi connectivity index (χ3v) is 5.28. The summed E-state index contributed by atoms with van der Waals surface area (Å²) in [6.45, 7) is 0.455. The molecule has 0 aliphatic carbocycles. The number of aliphatic carboxylic acids is 1. The maximum atomic E-state index is 13.0. The molecule has 2 aromatic carbocycles. The van der Waals surface area contributed by atoms with Crippen molar-refractivity contribution in [1.29, 1.82) is 0 Å². The van der Waals surface area contributed by atoms with Gasteiger partial charge in [-0.2, -0.15) is 0 Å². The van der Waals surface area contributed by atoms with Crippen LogP contribution in [0.2, 0.25) is 0 Å². The van der Waals surface area contributed by atoms with Crippen molar-refractivity contribution < 1.29 is 14.7 Å². The zero-order valence-electron chi connectivity index (χ0n) is 14.8. The fourth-order valence-electron chi connectivity index (χ4n) is 3.96. The lowest BCUT2D eigenvalue weighted by Crippen LogP contribution is -2.49. The molecule has 1 N–H and O–H groups in total. The van der Waals surface area contributed by atoms with Crippen molar-refractivity contribution in [2.24, 2.45) is 0 Å². The monoisotopic (exact) mass is 364 g/mol. The van der Waals surface area contributed by atoms with E-state index in [9.17, 15) is 19.5 Å². The van der Waals surface area contributed by atoms with Crippen molar-refractivity contribution in [3.8, 4) is 0 Å². The molecule has 0 radical (unpaired) electrons. The first-order valence-electron chi connectivity index (χ1n) is 9.10. The predicted octanol–water partition coefficient (Wildman–Crippen LogP) is 2.62. The molecule has 3 aromatic rings. The predicted molar refractivity (Wildman–Crippen MR) is 103 cm³/mol. The third kappa shape index (κ3) is 2.97. The molecule has 4 rings (SSSR count). The zero-order chi connectivity index (χ0) is 19.0. The molecule has 1 fully saturated rings. The lowest BCUT2D eigenvalue weighted by Gasteiger charge is -2.33. The van der Waals surface area contributed by atoms with Gasteiger partial charge < -0.3 is 14.6 Å². The largest absolute Gasteiger partial charge is 0.480 e. The molecule has 6 nitrogen and oxygen atoms in total. The van der Waals surface area contributed by atoms with E-state index in [0.717, 1.165) is 12.8 Å². The van der Waals surface area contributed by atoms with Crippen molar-refractivity contribution in [2.45, 2.75) is 31.8 Å². The van der Waals surface area contributed by atoms with Gasteiger partial charge in [-0.25, -0.2) is 4.79 Å². The Kier molecular flexibility index (Phi) is 4.39. The fraction of sp³-hybridized carbons (Fsp3) is 0.286. The Labute approximate surface area is 155 Å². The number of hydrogen-bond acceptors (Lipinski definition) is 3. The van der Waals surface area contributed by atoms with Crippen LogP contribution >= 0.6 is 0 Å². The quantitative estimate of drug-likeness (QED) is 0.725. The number of likely N-dealkylation sites (tertiary alicyclic amines) is 1. The van der Waals surface area contributed by atoms with Gasteiger partial charge in [-0.1, -0.05) is 24.3 Å². The summed E-state index contributed by atoms with van der Waals surface area (Å²) in [5, 5.41) is 10.6. The highest BCUT2D eigenvalue weighted by molar-refractivity contribution is 5.95. The summed E-state index contributed by atoms with van der Waals surface area (Å²) in [5.41, 5.74) is 1.29. The van der Waals surface area contributed by atoms with E-state index in [1.165, 1.54) is 4.90 Å². The molecule has 6 heteroatoms. The van der Waals surface area contributed by atoms with Crippen LogP contribution in [-0.2, 0) is 16.1 Å². The Morgan fingerprint density at radius 3 is 2.15 bits per heavy atom. The van der Waals surface area contributed by atoms with Crippen LogP contribution in [0.15, 0.2) is 53.3 Å². The number of para-hydroxylation sites is 2. The minimum atomic E-state index is -0.960. The lowest BCUT2D eigenvalue weighted by molar-refractivity contribution is -0.152. The van der Waals surface area contributed by atoms with Crippen molar-refractivity contribution in [3.63, 3.8) is 0 Å². The van der Waals surface area contributed by atoms with Crippen LogP contribution in [0.25, 0.3) is 21.8 Å². The van der Waals surface area contributed by atoms with Gasteiger partial charge in [-0.05, 0) is 43.5 Å². The van der Waals surface area contributed by atoms with Crippen molar-refractivity contribution >= 4 is 33.7 Å². The minimum absolute atomic E-state index is 0.00505. The number of amides is 1. The van der Waals surface area contributed by atoms with E-state index in [1.54, 1.807) is 24.3 Å². The number of piperidine rings is 1. The van der Waals surface area contributed by atoms with E-state index < -0.39 is 12.0 Å². The number of fused-ring (bicyclic) bond motifs is 2. The normalized spacial score (nSPS) is 17.3. The number of hydrogen-bond donors (Lipinski definition) is 1. The van der Waals surface area contributed by atoms with Crippen LogP contribution in [-0.4, -0.2) is 39.0 Å². The summed E-state index contributed by atoms with van der Waals surface area (Å²) in [7, 11) is 0. The SMILES string of the molecule is O=C(O)[C@H]1CCCCN1C(=O)Cn1c2ccccc2c(=O)c2ccccc21. The van der Waals surface area contributed by atoms with Crippen LogP contribution in [0.3, 0.4) is 0 Å². The molecule has 1 atom stereocenters. The second-order valence-corrected chi connectivity index (χ2v) is 6.89. The summed E-state index contributed by atoms with van der Waals surface area (Å²) in [6, 6.07) is 13.6. The molecule has 0 spiro atoms. The summed E-state index contributed by atoms with van der Waals surface area (Å²) in [6.07, 6.45) is 2.10. The molecule has 1 aliphatic rings. The van der Waals surface area contributed by atoms with Crippen molar-refractivity contribution in [3.05, 3.63) is 58.8 Å². The summed E-state index contributed by atoms with van der Waals surface area (Å²) in [5.74, 6) is -1.20. The van der Waals surface area contributed by atoms with E-state index in [0.29, 0.717) is 34.8 Å². The van der Waals surface area contributed by atoms with Gasteiger partial charge in [0.05, 0.1) is 11.0 Å². The molecular weight excluding hydrogens is 344 g/mol. The van der Waals surface area contributed by atoms with Gasteiger partial charge in [0.15, 0.2) is 5.43 Å². The van der Waals surface area contributed by atoms with Gasteiger partial charge in [0.25, 0.3) is 0 Å². The van der Waals surface area contributed by atoms with Crippen LogP contribution < -0.4 is 5.43 Å². The smallest absolute Gasteiger partial charge is 0.326 e. The second-order valence-electron chi connectivity index (χ2n) is 6.89. The topological polar surface area (TPSA) is 79.6 Å². The van der Waals surface area contributed by atoms with Crippen LogP contribution in [0.5, 0.6) is 0 Å². The number of aromatic nitrogens is 1. The van der Waals surface area contributed by atoms with Gasteiger partial charge in [0.1, 0.15) is 12.6 Å². The van der Waals surface area contributed by atoms with Crippen LogP contribution in [0, 0.1) is 0 Å². The van der Waals surface area contributed by atoms with Crippen molar-refractivity contribution in [1.82, 2.24) is 9.47 Å². The summed E-state index contributed by atoms with van der Waals surface area (Å²) in [4.78, 5) is 38.8. The maximum absolute atomic E-state index is 13.0. The highest BCUT2D eigenvalue weighted by atomic mass is 16.4. The zero-order valence-corrected chi connectivity index (χ0v) is 14.8. The number of carboxylic acids is 1. The van der Waals surface area contributed by atoms with E-state index >= 15 is 0 Å². The Morgan fingerprint density at radius 2 is 1.56 bits per heavy atom. The highest BCUT2D eigenvalue weighted by Gasteiger charge is 2.32. The van der Waals surface area contributed by atoms with Gasteiger partial charge in [-0.15, -0.1) is 0 Å². The average Bonchev–Trinajstić information content (AvgIpc) is 2.71. The maximum Gasteiger partial charge on any atom is 0.326 e. The van der Waals surface area contributed by atoms with E-state index in [4.69, 9.17) is 0 Å². The van der Waals surface area contributed by atoms with Gasteiger partial charge >= 0.3 is 5.97 Å². The first-order chi connectivity index (χ1) is 13.1. The Hall–Kier alpha value is -3.15. The van der Waals surface area contributed by atoms with Crippen LogP contribution in [0.1, 0.15) is 19.3 Å². The molecule has 138 valence electrons. The van der Waals surface area contributed by atoms with Gasteiger partial charge in [0.2, 0.25) is 5.91 Å². The molecule has 1 aromatic heterocycles. The number of carbonyl (C=O) groups is 2. The first-order valence-corrected chi connectivity index (χ1v) is 9.10. The average molecular weight is 364 g/mol. The number of rotatable bonds is 3. The van der Waals surface area contributed by atoms with Gasteiger partial charge in [0, 0.05) is 17.3 Å². The number of carbonyl (C=O) groups excluding carboxylic acids is 1. The molecule has 1 saturated heterocycles. The van der Waals surface area contributed by atoms with E-state index in [2.05, 4.69) is 0 Å². The van der Waals surface area contributed by atoms with Crippen LogP contribution in [0.4, 0.5) is 0 Å². The van der Waals surface area contributed by atoms with E-state index in [-0.39, 0.29) is 17.9 Å². The Balaban J connectivity index is 1.83. The standard InChI is InChI=1S/C21H20N2O4/c24-19(22-12-6-5-11-18(22)21(26)27)13-23-16-9-3-1-7-14(16)20(25)15-8-2-4-10-17(15)23/h1-4,7-10,18H,5-6,11-13H2,(H,26,27)/t18-/m1/s1. The first kappa shape index (κ1) is 17.3. The fourth-order valence-corrected chi connectivity index (χ4v) is 3.96.